The lowest BCUT2D eigenvalue weighted by Gasteiger charge is -2.25. The molecular weight excluding hydrogens is 353 g/mol. The molecule has 1 unspecified atom stereocenters. The van der Waals surface area contributed by atoms with Crippen molar-refractivity contribution in [3.8, 4) is 0 Å². The van der Waals surface area contributed by atoms with Crippen LogP contribution in [0, 0.1) is 21.4 Å². The topological polar surface area (TPSA) is 75.5 Å². The van der Waals surface area contributed by atoms with Crippen LogP contribution < -0.4 is 5.32 Å². The van der Waals surface area contributed by atoms with Crippen LogP contribution in [0.2, 0.25) is 5.02 Å². The molecule has 0 radical (unpaired) electrons. The van der Waals surface area contributed by atoms with E-state index >= 15 is 0 Å². The van der Waals surface area contributed by atoms with E-state index in [1.165, 1.54) is 18.2 Å². The highest BCUT2D eigenvalue weighted by Crippen LogP contribution is 2.59. The Balaban J connectivity index is 0.00000208. The molecule has 1 aromatic rings. The number of non-ortho nitro benzene ring substituents is 1. The standard InChI is InChI=1S/C16H20ClN3O3.ClH/c1-19(10-11-8-12(20(22)23)2-3-14(11)17)15(21)13-9-16(13)4-6-18-7-5-16;/h2-3,8,13,18H,4-7,9-10H2,1H3;1H. The first-order valence-corrected chi connectivity index (χ1v) is 8.19. The van der Waals surface area contributed by atoms with Crippen LogP contribution in [0.1, 0.15) is 24.8 Å². The van der Waals surface area contributed by atoms with Crippen LogP contribution in [0.15, 0.2) is 18.2 Å². The maximum Gasteiger partial charge on any atom is 0.269 e. The van der Waals surface area contributed by atoms with Gasteiger partial charge in [0.25, 0.3) is 5.69 Å². The van der Waals surface area contributed by atoms with Gasteiger partial charge in [0, 0.05) is 36.7 Å². The van der Waals surface area contributed by atoms with Crippen LogP contribution in [0.25, 0.3) is 0 Å². The number of piperidine rings is 1. The second-order valence-electron chi connectivity index (χ2n) is 6.60. The number of hydrogen-bond acceptors (Lipinski definition) is 4. The van der Waals surface area contributed by atoms with Crippen molar-refractivity contribution in [2.75, 3.05) is 20.1 Å². The molecule has 1 atom stereocenters. The van der Waals surface area contributed by atoms with Crippen molar-refractivity contribution in [1.82, 2.24) is 10.2 Å². The van der Waals surface area contributed by atoms with E-state index in [0.717, 1.165) is 32.4 Å². The predicted octanol–water partition coefficient (Wildman–Crippen LogP) is 3.02. The van der Waals surface area contributed by atoms with Crippen LogP contribution in [0.5, 0.6) is 0 Å². The number of rotatable bonds is 4. The van der Waals surface area contributed by atoms with E-state index in [9.17, 15) is 14.9 Å². The lowest BCUT2D eigenvalue weighted by Crippen LogP contribution is -2.34. The average molecular weight is 374 g/mol. The number of nitrogens with one attached hydrogen (secondary N) is 1. The molecule has 1 aromatic carbocycles. The molecule has 132 valence electrons. The zero-order chi connectivity index (χ0) is 16.6. The van der Waals surface area contributed by atoms with Crippen molar-refractivity contribution in [1.29, 1.82) is 0 Å². The zero-order valence-corrected chi connectivity index (χ0v) is 15.0. The van der Waals surface area contributed by atoms with Gasteiger partial charge < -0.3 is 10.2 Å². The molecule has 24 heavy (non-hydrogen) atoms. The van der Waals surface area contributed by atoms with E-state index in [4.69, 9.17) is 11.6 Å². The molecule has 1 aliphatic carbocycles. The Kier molecular flexibility index (Phi) is 5.73. The quantitative estimate of drug-likeness (QED) is 0.649. The molecule has 3 rings (SSSR count). The Hall–Kier alpha value is -1.37. The summed E-state index contributed by atoms with van der Waals surface area (Å²) in [4.78, 5) is 24.7. The summed E-state index contributed by atoms with van der Waals surface area (Å²) in [6.07, 6.45) is 3.06. The van der Waals surface area contributed by atoms with E-state index in [1.807, 2.05) is 0 Å². The largest absolute Gasteiger partial charge is 0.341 e. The van der Waals surface area contributed by atoms with Crippen LogP contribution in [0.3, 0.4) is 0 Å². The van der Waals surface area contributed by atoms with Gasteiger partial charge in [-0.15, -0.1) is 12.4 Å². The van der Waals surface area contributed by atoms with Crippen molar-refractivity contribution >= 4 is 35.6 Å². The van der Waals surface area contributed by atoms with E-state index in [2.05, 4.69) is 5.32 Å². The molecule has 6 nitrogen and oxygen atoms in total. The molecule has 1 N–H and O–H groups in total. The van der Waals surface area contributed by atoms with E-state index in [-0.39, 0.29) is 35.3 Å². The van der Waals surface area contributed by atoms with Gasteiger partial charge in [-0.2, -0.15) is 0 Å². The van der Waals surface area contributed by atoms with E-state index < -0.39 is 4.92 Å². The van der Waals surface area contributed by atoms with Crippen LogP contribution in [-0.4, -0.2) is 35.9 Å². The first-order chi connectivity index (χ1) is 10.9. The highest BCUT2D eigenvalue weighted by Gasteiger charge is 2.58. The molecule has 1 heterocycles. The Morgan fingerprint density at radius 3 is 2.75 bits per heavy atom. The molecule has 8 heteroatoms. The summed E-state index contributed by atoms with van der Waals surface area (Å²) in [5, 5.41) is 14.7. The van der Waals surface area contributed by atoms with Gasteiger partial charge in [-0.1, -0.05) is 11.6 Å². The molecular formula is C16H21Cl2N3O3. The lowest BCUT2D eigenvalue weighted by atomic mass is 9.91. The monoisotopic (exact) mass is 373 g/mol. The Morgan fingerprint density at radius 2 is 2.12 bits per heavy atom. The summed E-state index contributed by atoms with van der Waals surface area (Å²) in [6, 6.07) is 4.33. The number of nitrogens with zero attached hydrogens (tertiary/aromatic N) is 2. The van der Waals surface area contributed by atoms with Gasteiger partial charge in [-0.3, -0.25) is 14.9 Å². The van der Waals surface area contributed by atoms with Crippen molar-refractivity contribution in [3.63, 3.8) is 0 Å². The van der Waals surface area contributed by atoms with Gasteiger partial charge in [0.15, 0.2) is 0 Å². The Morgan fingerprint density at radius 1 is 1.46 bits per heavy atom. The fourth-order valence-corrected chi connectivity index (χ4v) is 3.75. The van der Waals surface area contributed by atoms with Gasteiger partial charge in [0.05, 0.1) is 4.92 Å². The molecule has 1 spiro atoms. The molecule has 2 fully saturated rings. The maximum atomic E-state index is 12.6. The van der Waals surface area contributed by atoms with Gasteiger partial charge in [-0.05, 0) is 49.4 Å². The fraction of sp³-hybridized carbons (Fsp3) is 0.562. The molecule has 1 saturated carbocycles. The first kappa shape index (κ1) is 19.0. The van der Waals surface area contributed by atoms with Gasteiger partial charge in [0.2, 0.25) is 5.91 Å². The minimum Gasteiger partial charge on any atom is -0.341 e. The highest BCUT2D eigenvalue weighted by molar-refractivity contribution is 6.31. The van der Waals surface area contributed by atoms with Gasteiger partial charge in [0.1, 0.15) is 0 Å². The number of nitro groups is 1. The number of benzene rings is 1. The number of amides is 1. The van der Waals surface area contributed by atoms with Gasteiger partial charge in [-0.25, -0.2) is 0 Å². The molecule has 0 aromatic heterocycles. The first-order valence-electron chi connectivity index (χ1n) is 7.81. The number of nitro benzene ring substituents is 1. The van der Waals surface area contributed by atoms with Crippen molar-refractivity contribution in [2.45, 2.75) is 25.8 Å². The number of hydrogen-bond donors (Lipinski definition) is 1. The summed E-state index contributed by atoms with van der Waals surface area (Å²) < 4.78 is 0. The summed E-state index contributed by atoms with van der Waals surface area (Å²) in [7, 11) is 1.74. The molecule has 0 bridgehead atoms. The second-order valence-corrected chi connectivity index (χ2v) is 7.00. The maximum absolute atomic E-state index is 12.6. The third-order valence-corrected chi connectivity index (χ3v) is 5.48. The normalized spacial score (nSPS) is 21.0. The fourth-order valence-electron chi connectivity index (χ4n) is 3.57. The molecule has 1 saturated heterocycles. The summed E-state index contributed by atoms with van der Waals surface area (Å²) >= 11 is 6.12. The minimum atomic E-state index is -0.452. The zero-order valence-electron chi connectivity index (χ0n) is 13.5. The van der Waals surface area contributed by atoms with Crippen molar-refractivity contribution in [2.24, 2.45) is 11.3 Å². The SMILES string of the molecule is CN(Cc1cc([N+](=O)[O-])ccc1Cl)C(=O)C1CC12CCNCC2.Cl. The average Bonchev–Trinajstić information content (AvgIpc) is 3.22. The van der Waals surface area contributed by atoms with Crippen LogP contribution >= 0.6 is 24.0 Å². The summed E-state index contributed by atoms with van der Waals surface area (Å²) in [6.45, 7) is 2.25. The third kappa shape index (κ3) is 3.66. The Bertz CT molecular complexity index is 647. The predicted molar refractivity (Wildman–Crippen MR) is 94.5 cm³/mol. The van der Waals surface area contributed by atoms with E-state index in [1.54, 1.807) is 11.9 Å². The van der Waals surface area contributed by atoms with Crippen molar-refractivity contribution < 1.29 is 9.72 Å². The van der Waals surface area contributed by atoms with E-state index in [0.29, 0.717) is 17.1 Å². The van der Waals surface area contributed by atoms with Gasteiger partial charge >= 0.3 is 0 Å². The van der Waals surface area contributed by atoms with Crippen molar-refractivity contribution in [3.05, 3.63) is 38.9 Å². The second kappa shape index (κ2) is 7.25. The van der Waals surface area contributed by atoms with Crippen LogP contribution in [0.4, 0.5) is 5.69 Å². The number of halogens is 2. The Labute approximate surface area is 152 Å². The minimum absolute atomic E-state index is 0. The molecule has 1 aliphatic heterocycles. The highest BCUT2D eigenvalue weighted by atomic mass is 35.5. The molecule has 1 amide bonds. The number of carbonyl (C=O) groups excluding carboxylic acids is 1. The molecule has 2 aliphatic rings. The summed E-state index contributed by atoms with van der Waals surface area (Å²) in [5.41, 5.74) is 0.784. The smallest absolute Gasteiger partial charge is 0.269 e. The summed E-state index contributed by atoms with van der Waals surface area (Å²) in [5.74, 6) is 0.210. The third-order valence-electron chi connectivity index (χ3n) is 5.11. The number of carbonyl (C=O) groups is 1. The lowest BCUT2D eigenvalue weighted by molar-refractivity contribution is -0.384. The van der Waals surface area contributed by atoms with Crippen LogP contribution in [-0.2, 0) is 11.3 Å².